The van der Waals surface area contributed by atoms with Crippen LogP contribution in [0, 0.1) is 0 Å². The van der Waals surface area contributed by atoms with Gasteiger partial charge in [0.1, 0.15) is 9.58 Å². The number of hydrogen-bond donors (Lipinski definition) is 2. The maximum Gasteiger partial charge on any atom is 0.345 e. The molecule has 0 aliphatic carbocycles. The maximum absolute atomic E-state index is 11.1. The molecule has 0 saturated heterocycles. The number of aromatic nitrogens is 2. The molecule has 5 nitrogen and oxygen atoms in total. The van der Waals surface area contributed by atoms with E-state index >= 15 is 0 Å². The number of thiophene rings is 1. The van der Waals surface area contributed by atoms with Gasteiger partial charge in [0.15, 0.2) is 0 Å². The number of aromatic amines is 1. The summed E-state index contributed by atoms with van der Waals surface area (Å²) in [5, 5.41) is 8.65. The molecule has 0 fully saturated rings. The van der Waals surface area contributed by atoms with Crippen molar-refractivity contribution in [2.24, 2.45) is 0 Å². The van der Waals surface area contributed by atoms with E-state index in [0.717, 1.165) is 11.3 Å². The molecule has 0 radical (unpaired) electrons. The van der Waals surface area contributed by atoms with Crippen LogP contribution < -0.4 is 5.56 Å². The number of hydrogen-bond acceptors (Lipinski definition) is 4. The van der Waals surface area contributed by atoms with Gasteiger partial charge in [0.2, 0.25) is 0 Å². The number of H-pyrrole nitrogens is 1. The highest BCUT2D eigenvalue weighted by molar-refractivity contribution is 7.20. The van der Waals surface area contributed by atoms with Gasteiger partial charge in [-0.2, -0.15) is 0 Å². The summed E-state index contributed by atoms with van der Waals surface area (Å²) >= 11 is 0.926. The summed E-state index contributed by atoms with van der Waals surface area (Å²) in [4.78, 5) is 28.0. The Morgan fingerprint density at radius 3 is 3.00 bits per heavy atom. The van der Waals surface area contributed by atoms with Crippen molar-refractivity contribution in [3.63, 3.8) is 0 Å². The molecule has 0 spiro atoms. The molecular formula is C7H4N2O3S. The van der Waals surface area contributed by atoms with Gasteiger partial charge in [-0.3, -0.25) is 4.79 Å². The van der Waals surface area contributed by atoms with Crippen LogP contribution in [0.2, 0.25) is 0 Å². The lowest BCUT2D eigenvalue weighted by molar-refractivity contribution is 0.0702. The van der Waals surface area contributed by atoms with Crippen LogP contribution in [0.25, 0.3) is 10.2 Å². The number of carboxylic acids is 1. The molecule has 0 unspecified atom stereocenters. The van der Waals surface area contributed by atoms with Crippen LogP contribution in [0.15, 0.2) is 17.2 Å². The summed E-state index contributed by atoms with van der Waals surface area (Å²) in [6.45, 7) is 0. The lowest BCUT2D eigenvalue weighted by Crippen LogP contribution is -2.02. The first-order valence-corrected chi connectivity index (χ1v) is 4.20. The number of rotatable bonds is 1. The Morgan fingerprint density at radius 2 is 2.38 bits per heavy atom. The quantitative estimate of drug-likeness (QED) is 0.702. The first-order valence-electron chi connectivity index (χ1n) is 3.39. The van der Waals surface area contributed by atoms with Crippen LogP contribution in [0.4, 0.5) is 0 Å². The Bertz CT molecular complexity index is 528. The van der Waals surface area contributed by atoms with Crippen molar-refractivity contribution in [1.82, 2.24) is 9.97 Å². The fourth-order valence-electron chi connectivity index (χ4n) is 0.971. The van der Waals surface area contributed by atoms with Crippen LogP contribution in [-0.2, 0) is 0 Å². The molecule has 2 heterocycles. The SMILES string of the molecule is O=C(O)c1cc2nc[nH]c(=O)c2s1. The van der Waals surface area contributed by atoms with Crippen molar-refractivity contribution in [3.8, 4) is 0 Å². The minimum absolute atomic E-state index is 0.124. The summed E-state index contributed by atoms with van der Waals surface area (Å²) in [5.41, 5.74) is 0.119. The van der Waals surface area contributed by atoms with Gasteiger partial charge in [0.05, 0.1) is 11.8 Å². The highest BCUT2D eigenvalue weighted by Crippen LogP contribution is 2.19. The van der Waals surface area contributed by atoms with Crippen LogP contribution in [0.3, 0.4) is 0 Å². The predicted octanol–water partition coefficient (Wildman–Crippen LogP) is 0.683. The third-order valence-corrected chi connectivity index (χ3v) is 2.64. The van der Waals surface area contributed by atoms with Crippen molar-refractivity contribution < 1.29 is 9.90 Å². The van der Waals surface area contributed by atoms with Crippen LogP contribution >= 0.6 is 11.3 Å². The average molecular weight is 196 g/mol. The highest BCUT2D eigenvalue weighted by atomic mass is 32.1. The van der Waals surface area contributed by atoms with Gasteiger partial charge in [-0.1, -0.05) is 0 Å². The molecule has 2 rings (SSSR count). The average Bonchev–Trinajstić information content (AvgIpc) is 2.49. The molecule has 0 saturated carbocycles. The standard InChI is InChI=1S/C7H4N2O3S/c10-6-5-3(8-2-9-6)1-4(13-5)7(11)12/h1-2H,(H,11,12)(H,8,9,10). The summed E-state index contributed by atoms with van der Waals surface area (Å²) in [6, 6.07) is 1.39. The second-order valence-corrected chi connectivity index (χ2v) is 3.41. The molecular weight excluding hydrogens is 192 g/mol. The van der Waals surface area contributed by atoms with Crippen molar-refractivity contribution in [2.75, 3.05) is 0 Å². The largest absolute Gasteiger partial charge is 0.477 e. The van der Waals surface area contributed by atoms with E-state index in [-0.39, 0.29) is 10.4 Å². The Morgan fingerprint density at radius 1 is 1.62 bits per heavy atom. The molecule has 0 amide bonds. The maximum atomic E-state index is 11.1. The number of aromatic carboxylic acids is 1. The Balaban J connectivity index is 2.83. The lowest BCUT2D eigenvalue weighted by Gasteiger charge is -1.82. The zero-order valence-corrected chi connectivity index (χ0v) is 7.09. The molecule has 0 bridgehead atoms. The number of fused-ring (bicyclic) bond motifs is 1. The molecule has 0 aliphatic heterocycles. The molecule has 13 heavy (non-hydrogen) atoms. The molecule has 0 aromatic carbocycles. The zero-order valence-electron chi connectivity index (χ0n) is 6.27. The van der Waals surface area contributed by atoms with Gasteiger partial charge < -0.3 is 10.1 Å². The van der Waals surface area contributed by atoms with Gasteiger partial charge in [-0.15, -0.1) is 11.3 Å². The smallest absolute Gasteiger partial charge is 0.345 e. The third kappa shape index (κ3) is 1.20. The molecule has 66 valence electrons. The first-order chi connectivity index (χ1) is 6.18. The van der Waals surface area contributed by atoms with Crippen LogP contribution in [0.5, 0.6) is 0 Å². The summed E-state index contributed by atoms with van der Waals surface area (Å²) in [5.74, 6) is -1.04. The van der Waals surface area contributed by atoms with Crippen molar-refractivity contribution >= 4 is 27.5 Å². The fraction of sp³-hybridized carbons (Fsp3) is 0. The van der Waals surface area contributed by atoms with Crippen molar-refractivity contribution in [2.45, 2.75) is 0 Å². The van der Waals surface area contributed by atoms with Gasteiger partial charge in [-0.25, -0.2) is 9.78 Å². The second-order valence-electron chi connectivity index (χ2n) is 2.36. The second kappa shape index (κ2) is 2.67. The third-order valence-electron chi connectivity index (χ3n) is 1.53. The number of nitrogens with one attached hydrogen (secondary N) is 1. The minimum atomic E-state index is -1.04. The monoisotopic (exact) mass is 196 g/mol. The molecule has 0 atom stereocenters. The number of carboxylic acid groups (broad SMARTS) is 1. The fourth-order valence-corrected chi connectivity index (χ4v) is 1.82. The van der Waals surface area contributed by atoms with E-state index in [1.807, 2.05) is 0 Å². The van der Waals surface area contributed by atoms with Gasteiger partial charge in [-0.05, 0) is 6.07 Å². The predicted molar refractivity (Wildman–Crippen MR) is 47.2 cm³/mol. The molecule has 2 N–H and O–H groups in total. The van der Waals surface area contributed by atoms with E-state index in [9.17, 15) is 9.59 Å². The topological polar surface area (TPSA) is 83.0 Å². The number of carbonyl (C=O) groups is 1. The van der Waals surface area contributed by atoms with Crippen molar-refractivity contribution in [3.05, 3.63) is 27.6 Å². The highest BCUT2D eigenvalue weighted by Gasteiger charge is 2.10. The normalized spacial score (nSPS) is 10.5. The zero-order chi connectivity index (χ0) is 9.42. The Labute approximate surface area is 75.7 Å². The summed E-state index contributed by atoms with van der Waals surface area (Å²) < 4.78 is 0.347. The summed E-state index contributed by atoms with van der Waals surface area (Å²) in [7, 11) is 0. The van der Waals surface area contributed by atoms with Crippen LogP contribution in [0.1, 0.15) is 9.67 Å². The van der Waals surface area contributed by atoms with Crippen molar-refractivity contribution in [1.29, 1.82) is 0 Å². The first kappa shape index (κ1) is 7.93. The van der Waals surface area contributed by atoms with Crippen LogP contribution in [-0.4, -0.2) is 21.0 Å². The molecule has 0 aliphatic rings. The molecule has 2 aromatic heterocycles. The van der Waals surface area contributed by atoms with Gasteiger partial charge in [0.25, 0.3) is 5.56 Å². The molecule has 2 aromatic rings. The van der Waals surface area contributed by atoms with Gasteiger partial charge >= 0.3 is 5.97 Å². The lowest BCUT2D eigenvalue weighted by atomic mass is 10.4. The van der Waals surface area contributed by atoms with E-state index in [1.165, 1.54) is 12.4 Å². The Kier molecular flexibility index (Phi) is 1.63. The molecule has 6 heteroatoms. The minimum Gasteiger partial charge on any atom is -0.477 e. The van der Waals surface area contributed by atoms with E-state index in [2.05, 4.69) is 9.97 Å². The van der Waals surface area contributed by atoms with Gasteiger partial charge in [0, 0.05) is 0 Å². The summed E-state index contributed by atoms with van der Waals surface area (Å²) in [6.07, 6.45) is 1.25. The van der Waals surface area contributed by atoms with E-state index in [0.29, 0.717) is 10.2 Å². The van der Waals surface area contributed by atoms with E-state index in [4.69, 9.17) is 5.11 Å². The van der Waals surface area contributed by atoms with E-state index < -0.39 is 5.97 Å². The van der Waals surface area contributed by atoms with E-state index in [1.54, 1.807) is 0 Å². The Hall–Kier alpha value is -1.69. The number of nitrogens with zero attached hydrogens (tertiary/aromatic N) is 1.